The molecule has 3 rings (SSSR count). The molecule has 7 heteroatoms. The van der Waals surface area contributed by atoms with Gasteiger partial charge >= 0.3 is 6.09 Å². The minimum atomic E-state index is -0.996. The van der Waals surface area contributed by atoms with Crippen LogP contribution in [-0.2, 0) is 6.54 Å². The fraction of sp³-hybridized carbons (Fsp3) is 0.312. The maximum atomic E-state index is 10.7. The smallest absolute Gasteiger partial charge is 0.404 e. The number of amides is 1. The van der Waals surface area contributed by atoms with Gasteiger partial charge in [0.25, 0.3) is 0 Å². The fourth-order valence-electron chi connectivity index (χ4n) is 2.87. The van der Waals surface area contributed by atoms with Crippen LogP contribution in [0.15, 0.2) is 36.4 Å². The van der Waals surface area contributed by atoms with Gasteiger partial charge in [-0.3, -0.25) is 5.01 Å². The molecule has 0 spiro atoms. The topological polar surface area (TPSA) is 55.8 Å². The van der Waals surface area contributed by atoms with Crippen molar-refractivity contribution in [1.82, 2.24) is 10.3 Å². The highest BCUT2D eigenvalue weighted by Gasteiger charge is 2.35. The number of carbonyl (C=O) groups is 1. The Kier molecular flexibility index (Phi) is 4.75. The van der Waals surface area contributed by atoms with Crippen LogP contribution >= 0.6 is 22.9 Å². The molecule has 2 heterocycles. The third-order valence-electron chi connectivity index (χ3n) is 3.92. The van der Waals surface area contributed by atoms with E-state index in [0.717, 1.165) is 16.6 Å². The van der Waals surface area contributed by atoms with Gasteiger partial charge in [0.15, 0.2) is 0 Å². The van der Waals surface area contributed by atoms with E-state index in [1.54, 1.807) is 11.3 Å². The quantitative estimate of drug-likeness (QED) is 0.855. The summed E-state index contributed by atoms with van der Waals surface area (Å²) in [5.41, 5.74) is 2.32. The van der Waals surface area contributed by atoms with Crippen molar-refractivity contribution < 1.29 is 9.90 Å². The summed E-state index contributed by atoms with van der Waals surface area (Å²) in [6.07, 6.45) is -0.996. The van der Waals surface area contributed by atoms with Gasteiger partial charge in [0, 0.05) is 18.0 Å². The molecule has 5 nitrogen and oxygen atoms in total. The molecule has 122 valence electrons. The van der Waals surface area contributed by atoms with Crippen molar-refractivity contribution in [2.45, 2.75) is 19.5 Å². The predicted octanol–water partition coefficient (Wildman–Crippen LogP) is 3.97. The Balaban J connectivity index is 1.82. The molecule has 2 N–H and O–H groups in total. The van der Waals surface area contributed by atoms with Crippen molar-refractivity contribution in [3.05, 3.63) is 51.2 Å². The lowest BCUT2D eigenvalue weighted by Crippen LogP contribution is -2.43. The van der Waals surface area contributed by atoms with Gasteiger partial charge in [-0.2, -0.15) is 0 Å². The molecule has 1 atom stereocenters. The zero-order chi connectivity index (χ0) is 16.4. The van der Waals surface area contributed by atoms with E-state index in [2.05, 4.69) is 34.4 Å². The molecule has 1 aliphatic rings. The van der Waals surface area contributed by atoms with Crippen LogP contribution in [-0.4, -0.2) is 29.3 Å². The van der Waals surface area contributed by atoms with Crippen LogP contribution in [0.3, 0.4) is 0 Å². The molecule has 0 aliphatic carbocycles. The monoisotopic (exact) mass is 351 g/mol. The van der Waals surface area contributed by atoms with Gasteiger partial charge in [0.1, 0.15) is 0 Å². The number of carboxylic acid groups (broad SMARTS) is 1. The zero-order valence-electron chi connectivity index (χ0n) is 12.7. The highest BCUT2D eigenvalue weighted by Crippen LogP contribution is 2.47. The lowest BCUT2D eigenvalue weighted by atomic mass is 10.2. The summed E-state index contributed by atoms with van der Waals surface area (Å²) in [5, 5.41) is 15.6. The van der Waals surface area contributed by atoms with Gasteiger partial charge in [0.05, 0.1) is 22.6 Å². The maximum Gasteiger partial charge on any atom is 0.404 e. The summed E-state index contributed by atoms with van der Waals surface area (Å²) < 4.78 is 0.781. The summed E-state index contributed by atoms with van der Waals surface area (Å²) in [7, 11) is 0. The third kappa shape index (κ3) is 3.44. The average Bonchev–Trinajstić information content (AvgIpc) is 3.00. The zero-order valence-corrected chi connectivity index (χ0v) is 14.3. The van der Waals surface area contributed by atoms with Crippen molar-refractivity contribution in [3.8, 4) is 0 Å². The SMILES string of the molecule is CC1c2sc(Cl)cc2N(Cc2ccccc2)N1CCNC(=O)O. The van der Waals surface area contributed by atoms with E-state index in [0.29, 0.717) is 13.1 Å². The van der Waals surface area contributed by atoms with Crippen LogP contribution < -0.4 is 10.3 Å². The summed E-state index contributed by atoms with van der Waals surface area (Å²) in [6.45, 7) is 3.85. The van der Waals surface area contributed by atoms with Gasteiger partial charge in [-0.15, -0.1) is 11.3 Å². The van der Waals surface area contributed by atoms with Crippen molar-refractivity contribution in [2.75, 3.05) is 18.1 Å². The Morgan fingerprint density at radius 1 is 1.39 bits per heavy atom. The van der Waals surface area contributed by atoms with Crippen LogP contribution in [0.4, 0.5) is 10.5 Å². The Bertz CT molecular complexity index is 692. The molecule has 0 bridgehead atoms. The molecule has 1 aromatic heterocycles. The number of thiophene rings is 1. The van der Waals surface area contributed by atoms with E-state index in [1.807, 2.05) is 24.3 Å². The number of hydrogen-bond donors (Lipinski definition) is 2. The number of benzene rings is 1. The number of halogens is 1. The van der Waals surface area contributed by atoms with Crippen LogP contribution in [0, 0.1) is 0 Å². The van der Waals surface area contributed by atoms with Crippen LogP contribution in [0.25, 0.3) is 0 Å². The second kappa shape index (κ2) is 6.78. The first kappa shape index (κ1) is 16.1. The molecule has 0 radical (unpaired) electrons. The Morgan fingerprint density at radius 3 is 2.83 bits per heavy atom. The van der Waals surface area contributed by atoms with Gasteiger partial charge < -0.3 is 10.4 Å². The molecular formula is C16H18ClN3O2S. The molecule has 1 amide bonds. The second-order valence-corrected chi connectivity index (χ2v) is 7.13. The van der Waals surface area contributed by atoms with E-state index < -0.39 is 6.09 Å². The molecule has 0 saturated carbocycles. The van der Waals surface area contributed by atoms with Crippen LogP contribution in [0.1, 0.15) is 23.4 Å². The molecule has 23 heavy (non-hydrogen) atoms. The van der Waals surface area contributed by atoms with E-state index >= 15 is 0 Å². The van der Waals surface area contributed by atoms with Gasteiger partial charge in [0.2, 0.25) is 0 Å². The lowest BCUT2D eigenvalue weighted by Gasteiger charge is -2.33. The van der Waals surface area contributed by atoms with E-state index in [9.17, 15) is 4.79 Å². The number of hydrogen-bond acceptors (Lipinski definition) is 4. The van der Waals surface area contributed by atoms with Gasteiger partial charge in [-0.1, -0.05) is 41.9 Å². The maximum absolute atomic E-state index is 10.7. The van der Waals surface area contributed by atoms with Crippen molar-refractivity contribution in [2.24, 2.45) is 0 Å². The number of fused-ring (bicyclic) bond motifs is 1. The normalized spacial score (nSPS) is 17.3. The van der Waals surface area contributed by atoms with E-state index in [1.165, 1.54) is 10.4 Å². The molecule has 2 aromatic rings. The lowest BCUT2D eigenvalue weighted by molar-refractivity contribution is 0.183. The summed E-state index contributed by atoms with van der Waals surface area (Å²) in [5.74, 6) is 0. The highest BCUT2D eigenvalue weighted by atomic mass is 35.5. The van der Waals surface area contributed by atoms with Crippen LogP contribution in [0.2, 0.25) is 4.34 Å². The number of hydrazine groups is 1. The standard InChI is InChI=1S/C16H18ClN3O2S/c1-11-15-13(9-14(17)23-15)20(10-12-5-3-2-4-6-12)19(11)8-7-18-16(21)22/h2-6,9,11,18H,7-8,10H2,1H3,(H,21,22). The van der Waals surface area contributed by atoms with Gasteiger partial charge in [-0.05, 0) is 18.6 Å². The largest absolute Gasteiger partial charge is 0.465 e. The van der Waals surface area contributed by atoms with E-state index in [4.69, 9.17) is 16.7 Å². The number of anilines is 1. The predicted molar refractivity (Wildman–Crippen MR) is 93.1 cm³/mol. The van der Waals surface area contributed by atoms with Crippen molar-refractivity contribution in [1.29, 1.82) is 0 Å². The highest BCUT2D eigenvalue weighted by molar-refractivity contribution is 7.16. The Hall–Kier alpha value is -1.76. The molecule has 1 aromatic carbocycles. The van der Waals surface area contributed by atoms with Crippen molar-refractivity contribution >= 4 is 34.7 Å². The molecule has 0 fully saturated rings. The number of nitrogens with zero attached hydrogens (tertiary/aromatic N) is 2. The average molecular weight is 352 g/mol. The number of rotatable bonds is 5. The molecular weight excluding hydrogens is 334 g/mol. The molecule has 0 saturated heterocycles. The molecule has 1 unspecified atom stereocenters. The summed E-state index contributed by atoms with van der Waals surface area (Å²) in [4.78, 5) is 11.9. The minimum absolute atomic E-state index is 0.182. The fourth-order valence-corrected chi connectivity index (χ4v) is 4.17. The Labute approximate surface area is 144 Å². The van der Waals surface area contributed by atoms with E-state index in [-0.39, 0.29) is 6.04 Å². The minimum Gasteiger partial charge on any atom is -0.465 e. The van der Waals surface area contributed by atoms with Gasteiger partial charge in [-0.25, -0.2) is 9.80 Å². The summed E-state index contributed by atoms with van der Waals surface area (Å²) in [6, 6.07) is 12.4. The number of nitrogens with one attached hydrogen (secondary N) is 1. The Morgan fingerprint density at radius 2 is 2.13 bits per heavy atom. The van der Waals surface area contributed by atoms with Crippen LogP contribution in [0.5, 0.6) is 0 Å². The first-order valence-corrected chi connectivity index (χ1v) is 8.59. The first-order valence-electron chi connectivity index (χ1n) is 7.40. The molecule has 1 aliphatic heterocycles. The third-order valence-corrected chi connectivity index (χ3v) is 5.34. The first-order chi connectivity index (χ1) is 11.1. The second-order valence-electron chi connectivity index (χ2n) is 5.41. The van der Waals surface area contributed by atoms with Crippen molar-refractivity contribution in [3.63, 3.8) is 0 Å². The summed E-state index contributed by atoms with van der Waals surface area (Å²) >= 11 is 7.78.